The predicted molar refractivity (Wildman–Crippen MR) is 107 cm³/mol. The molecule has 2 aliphatic heterocycles. The van der Waals surface area contributed by atoms with Crippen LogP contribution < -0.4 is 0 Å². The van der Waals surface area contributed by atoms with E-state index in [0.717, 1.165) is 19.3 Å². The van der Waals surface area contributed by atoms with Crippen molar-refractivity contribution in [3.05, 3.63) is 11.6 Å². The Labute approximate surface area is 173 Å². The molecule has 1 N–H and O–H groups in total. The summed E-state index contributed by atoms with van der Waals surface area (Å²) < 4.78 is 10.8. The lowest BCUT2D eigenvalue weighted by Crippen LogP contribution is -2.56. The van der Waals surface area contributed by atoms with Crippen molar-refractivity contribution in [2.75, 3.05) is 39.3 Å². The number of carbonyl (C=O) groups excluding carboxylic acids is 2. The molecule has 0 aromatic rings. The summed E-state index contributed by atoms with van der Waals surface area (Å²) in [6.07, 6.45) is 4.07. The molecular formula is C22H34N2O5. The van der Waals surface area contributed by atoms with Crippen molar-refractivity contribution in [1.82, 2.24) is 9.80 Å². The SMILES string of the molecule is CCOC(=O)N1CCN(CC2C(=O)O[C@@H]3CC4=CCCC(C)[C@@]4(C)C(O)[C@H]23)CC1. The van der Waals surface area contributed by atoms with Crippen molar-refractivity contribution in [3.8, 4) is 0 Å². The van der Waals surface area contributed by atoms with Crippen LogP contribution in [0, 0.1) is 23.2 Å². The number of aliphatic hydroxyl groups is 1. The molecule has 162 valence electrons. The number of hydrogen-bond donors (Lipinski definition) is 1. The third-order valence-electron chi connectivity index (χ3n) is 7.92. The minimum atomic E-state index is -0.569. The molecular weight excluding hydrogens is 372 g/mol. The molecule has 7 nitrogen and oxygen atoms in total. The zero-order valence-corrected chi connectivity index (χ0v) is 17.8. The Morgan fingerprint density at radius 3 is 2.76 bits per heavy atom. The minimum Gasteiger partial charge on any atom is -0.461 e. The first-order valence-corrected chi connectivity index (χ1v) is 11.1. The molecule has 1 amide bonds. The molecule has 2 heterocycles. The van der Waals surface area contributed by atoms with E-state index in [1.807, 2.05) is 0 Å². The fourth-order valence-electron chi connectivity index (χ4n) is 5.88. The largest absolute Gasteiger partial charge is 0.461 e. The Hall–Kier alpha value is -1.60. The van der Waals surface area contributed by atoms with Crippen molar-refractivity contribution in [2.24, 2.45) is 23.2 Å². The van der Waals surface area contributed by atoms with E-state index >= 15 is 0 Å². The number of piperazine rings is 1. The Kier molecular flexibility index (Phi) is 5.64. The number of rotatable bonds is 3. The Morgan fingerprint density at radius 1 is 1.34 bits per heavy atom. The highest BCUT2D eigenvalue weighted by Crippen LogP contribution is 2.56. The summed E-state index contributed by atoms with van der Waals surface area (Å²) >= 11 is 0. The summed E-state index contributed by atoms with van der Waals surface area (Å²) in [7, 11) is 0. The van der Waals surface area contributed by atoms with Gasteiger partial charge in [0, 0.05) is 50.5 Å². The highest BCUT2D eigenvalue weighted by atomic mass is 16.6. The Bertz CT molecular complexity index is 687. The van der Waals surface area contributed by atoms with Crippen LogP contribution in [0.4, 0.5) is 4.79 Å². The lowest BCUT2D eigenvalue weighted by Gasteiger charge is -2.52. The van der Waals surface area contributed by atoms with Crippen LogP contribution in [0.1, 0.15) is 40.0 Å². The minimum absolute atomic E-state index is 0.159. The number of ether oxygens (including phenoxy) is 2. The fourth-order valence-corrected chi connectivity index (χ4v) is 5.88. The smallest absolute Gasteiger partial charge is 0.409 e. The van der Waals surface area contributed by atoms with Gasteiger partial charge >= 0.3 is 12.1 Å². The third kappa shape index (κ3) is 3.46. The van der Waals surface area contributed by atoms with Crippen LogP contribution in [0.15, 0.2) is 11.6 Å². The molecule has 6 atom stereocenters. The van der Waals surface area contributed by atoms with Crippen LogP contribution in [0.25, 0.3) is 0 Å². The Balaban J connectivity index is 1.44. The number of nitrogens with zero attached hydrogens (tertiary/aromatic N) is 2. The van der Waals surface area contributed by atoms with Crippen LogP contribution in [0.5, 0.6) is 0 Å². The zero-order valence-electron chi connectivity index (χ0n) is 17.8. The maximum Gasteiger partial charge on any atom is 0.409 e. The molecule has 3 unspecified atom stereocenters. The summed E-state index contributed by atoms with van der Waals surface area (Å²) in [5.74, 6) is -0.254. The van der Waals surface area contributed by atoms with Gasteiger partial charge in [-0.2, -0.15) is 0 Å². The van der Waals surface area contributed by atoms with E-state index in [1.54, 1.807) is 11.8 Å². The van der Waals surface area contributed by atoms with E-state index in [9.17, 15) is 14.7 Å². The normalized spacial score (nSPS) is 40.0. The van der Waals surface area contributed by atoms with Crippen LogP contribution >= 0.6 is 0 Å². The van der Waals surface area contributed by atoms with Gasteiger partial charge in [-0.05, 0) is 25.7 Å². The number of allylic oxidation sites excluding steroid dienone is 1. The van der Waals surface area contributed by atoms with Crippen molar-refractivity contribution < 1.29 is 24.2 Å². The molecule has 4 aliphatic rings. The second-order valence-electron chi connectivity index (χ2n) is 9.29. The average Bonchev–Trinajstić information content (AvgIpc) is 3.00. The van der Waals surface area contributed by atoms with Crippen molar-refractivity contribution in [1.29, 1.82) is 0 Å². The number of amides is 1. The van der Waals surface area contributed by atoms with Crippen molar-refractivity contribution in [2.45, 2.75) is 52.2 Å². The fraction of sp³-hybridized carbons (Fsp3) is 0.818. The molecule has 2 saturated heterocycles. The van der Waals surface area contributed by atoms with Crippen molar-refractivity contribution >= 4 is 12.1 Å². The van der Waals surface area contributed by atoms with E-state index in [2.05, 4.69) is 24.8 Å². The molecule has 29 heavy (non-hydrogen) atoms. The quantitative estimate of drug-likeness (QED) is 0.571. The molecule has 0 aromatic carbocycles. The highest BCUT2D eigenvalue weighted by molar-refractivity contribution is 5.76. The number of fused-ring (bicyclic) bond motifs is 2. The number of esters is 1. The van der Waals surface area contributed by atoms with Gasteiger partial charge in [0.05, 0.1) is 18.6 Å². The maximum absolute atomic E-state index is 12.7. The van der Waals surface area contributed by atoms with E-state index in [4.69, 9.17) is 9.47 Å². The predicted octanol–water partition coefficient (Wildman–Crippen LogP) is 2.05. The van der Waals surface area contributed by atoms with Gasteiger partial charge in [0.15, 0.2) is 0 Å². The second kappa shape index (κ2) is 7.91. The lowest BCUT2D eigenvalue weighted by atomic mass is 9.55. The Morgan fingerprint density at radius 2 is 2.07 bits per heavy atom. The standard InChI is InChI=1S/C22H34N2O5/c1-4-28-21(27)24-10-8-23(9-11-24)13-16-18-17(29-20(16)26)12-15-7-5-6-14(2)22(15,3)19(18)25/h7,14,16-19,25H,4-6,8-13H2,1-3H3/t14?,16?,17-,18-,19?,22-/m1/s1. The summed E-state index contributed by atoms with van der Waals surface area (Å²) in [5.41, 5.74) is 0.996. The van der Waals surface area contributed by atoms with E-state index in [0.29, 0.717) is 45.2 Å². The van der Waals surface area contributed by atoms with E-state index in [-0.39, 0.29) is 35.4 Å². The van der Waals surface area contributed by atoms with Gasteiger partial charge in [-0.1, -0.05) is 25.5 Å². The lowest BCUT2D eigenvalue weighted by molar-refractivity contribution is -0.145. The highest BCUT2D eigenvalue weighted by Gasteiger charge is 2.59. The first-order chi connectivity index (χ1) is 13.9. The molecule has 0 bridgehead atoms. The third-order valence-corrected chi connectivity index (χ3v) is 7.92. The molecule has 4 rings (SSSR count). The van der Waals surface area contributed by atoms with Gasteiger partial charge < -0.3 is 19.5 Å². The number of carbonyl (C=O) groups is 2. The summed E-state index contributed by atoms with van der Waals surface area (Å²) in [4.78, 5) is 28.6. The van der Waals surface area contributed by atoms with Gasteiger partial charge in [0.25, 0.3) is 0 Å². The molecule has 1 saturated carbocycles. The zero-order chi connectivity index (χ0) is 20.8. The summed E-state index contributed by atoms with van der Waals surface area (Å²) in [5, 5.41) is 11.4. The van der Waals surface area contributed by atoms with Gasteiger partial charge in [0.1, 0.15) is 6.10 Å². The molecule has 7 heteroatoms. The first-order valence-electron chi connectivity index (χ1n) is 11.1. The van der Waals surface area contributed by atoms with Crippen LogP contribution in [0.2, 0.25) is 0 Å². The van der Waals surface area contributed by atoms with Crippen LogP contribution in [-0.4, -0.2) is 78.5 Å². The first kappa shape index (κ1) is 20.7. The van der Waals surface area contributed by atoms with E-state index in [1.165, 1.54) is 5.57 Å². The summed E-state index contributed by atoms with van der Waals surface area (Å²) in [6, 6.07) is 0. The molecule has 2 aliphatic carbocycles. The molecule has 3 fully saturated rings. The molecule has 0 radical (unpaired) electrons. The van der Waals surface area contributed by atoms with Gasteiger partial charge in [-0.15, -0.1) is 0 Å². The number of hydrogen-bond acceptors (Lipinski definition) is 6. The van der Waals surface area contributed by atoms with Crippen LogP contribution in [-0.2, 0) is 14.3 Å². The number of aliphatic hydroxyl groups excluding tert-OH is 1. The topological polar surface area (TPSA) is 79.3 Å². The van der Waals surface area contributed by atoms with Gasteiger partial charge in [-0.25, -0.2) is 4.79 Å². The average molecular weight is 407 g/mol. The van der Waals surface area contributed by atoms with Crippen LogP contribution in [0.3, 0.4) is 0 Å². The maximum atomic E-state index is 12.7. The molecule has 0 spiro atoms. The molecule has 0 aromatic heterocycles. The van der Waals surface area contributed by atoms with Gasteiger partial charge in [0.2, 0.25) is 0 Å². The monoisotopic (exact) mass is 406 g/mol. The van der Waals surface area contributed by atoms with E-state index < -0.39 is 6.10 Å². The summed E-state index contributed by atoms with van der Waals surface area (Å²) in [6.45, 7) is 9.75. The van der Waals surface area contributed by atoms with Crippen molar-refractivity contribution in [3.63, 3.8) is 0 Å². The second-order valence-corrected chi connectivity index (χ2v) is 9.29. The van der Waals surface area contributed by atoms with Gasteiger partial charge in [-0.3, -0.25) is 9.69 Å².